The van der Waals surface area contributed by atoms with Crippen LogP contribution >= 0.6 is 0 Å². The molecule has 2 amide bonds. The van der Waals surface area contributed by atoms with Gasteiger partial charge in [0.25, 0.3) is 0 Å². The van der Waals surface area contributed by atoms with E-state index in [1.165, 1.54) is 0 Å². The second kappa shape index (κ2) is 9.48. The topological polar surface area (TPSA) is 61.9 Å². The minimum atomic E-state index is -0.436. The molecule has 0 aromatic heterocycles. The lowest BCUT2D eigenvalue weighted by Gasteiger charge is -2.30. The Hall–Kier alpha value is -2.70. The molecule has 1 saturated heterocycles. The number of benzene rings is 2. The van der Waals surface area contributed by atoms with Crippen molar-refractivity contribution < 1.29 is 14.3 Å². The number of carbonyl (C=O) groups excluding carboxylic acids is 2. The number of hydrogen-bond acceptors (Lipinski definition) is 4. The van der Waals surface area contributed by atoms with Crippen LogP contribution in [0.5, 0.6) is 0 Å². The number of hydrogen-bond donors (Lipinski definition) is 1. The molecule has 1 aliphatic rings. The Morgan fingerprint density at radius 1 is 1.07 bits per heavy atom. The van der Waals surface area contributed by atoms with Crippen LogP contribution in [0.4, 0.5) is 5.69 Å². The summed E-state index contributed by atoms with van der Waals surface area (Å²) in [6.45, 7) is 4.38. The van der Waals surface area contributed by atoms with E-state index in [4.69, 9.17) is 4.74 Å². The van der Waals surface area contributed by atoms with Gasteiger partial charge in [0.2, 0.25) is 11.8 Å². The minimum Gasteiger partial charge on any atom is -0.378 e. The SMILES string of the molecule is C[C@@H](C(=O)Nc1ccccc1-c1ccccc1)N(C)CC(=O)N1CCOCC1. The van der Waals surface area contributed by atoms with E-state index < -0.39 is 6.04 Å². The molecule has 6 nitrogen and oxygen atoms in total. The highest BCUT2D eigenvalue weighted by Gasteiger charge is 2.24. The molecular weight excluding hydrogens is 354 g/mol. The average molecular weight is 381 g/mol. The number of nitrogens with zero attached hydrogens (tertiary/aromatic N) is 2. The highest BCUT2D eigenvalue weighted by molar-refractivity contribution is 5.98. The molecule has 1 aliphatic heterocycles. The maximum absolute atomic E-state index is 12.8. The summed E-state index contributed by atoms with van der Waals surface area (Å²) in [6.07, 6.45) is 0. The highest BCUT2D eigenvalue weighted by Crippen LogP contribution is 2.27. The van der Waals surface area contributed by atoms with E-state index in [1.807, 2.05) is 61.5 Å². The van der Waals surface area contributed by atoms with Gasteiger partial charge in [0.05, 0.1) is 25.8 Å². The van der Waals surface area contributed by atoms with E-state index >= 15 is 0 Å². The molecule has 0 bridgehead atoms. The number of carbonyl (C=O) groups is 2. The summed E-state index contributed by atoms with van der Waals surface area (Å²) >= 11 is 0. The summed E-state index contributed by atoms with van der Waals surface area (Å²) in [7, 11) is 1.80. The van der Waals surface area contributed by atoms with Crippen molar-refractivity contribution in [3.63, 3.8) is 0 Å². The summed E-state index contributed by atoms with van der Waals surface area (Å²) in [6, 6.07) is 17.2. The van der Waals surface area contributed by atoms with Gasteiger partial charge in [-0.2, -0.15) is 0 Å². The minimum absolute atomic E-state index is 0.0233. The molecule has 1 N–H and O–H groups in total. The first kappa shape index (κ1) is 20.0. The van der Waals surface area contributed by atoms with E-state index in [0.717, 1.165) is 16.8 Å². The van der Waals surface area contributed by atoms with Crippen LogP contribution in [0.25, 0.3) is 11.1 Å². The monoisotopic (exact) mass is 381 g/mol. The fourth-order valence-electron chi connectivity index (χ4n) is 3.16. The number of para-hydroxylation sites is 1. The first-order chi connectivity index (χ1) is 13.6. The first-order valence-corrected chi connectivity index (χ1v) is 9.57. The van der Waals surface area contributed by atoms with Gasteiger partial charge in [-0.15, -0.1) is 0 Å². The van der Waals surface area contributed by atoms with Gasteiger partial charge >= 0.3 is 0 Å². The third kappa shape index (κ3) is 4.97. The number of ether oxygens (including phenoxy) is 1. The van der Waals surface area contributed by atoms with Gasteiger partial charge in [0, 0.05) is 24.3 Å². The summed E-state index contributed by atoms with van der Waals surface area (Å²) in [4.78, 5) is 28.8. The predicted octanol–water partition coefficient (Wildman–Crippen LogP) is 2.47. The average Bonchev–Trinajstić information content (AvgIpc) is 2.74. The molecule has 28 heavy (non-hydrogen) atoms. The third-order valence-corrected chi connectivity index (χ3v) is 5.06. The van der Waals surface area contributed by atoms with Gasteiger partial charge in [-0.05, 0) is 25.6 Å². The van der Waals surface area contributed by atoms with Crippen molar-refractivity contribution in [2.24, 2.45) is 0 Å². The zero-order valence-corrected chi connectivity index (χ0v) is 16.4. The van der Waals surface area contributed by atoms with E-state index in [2.05, 4.69) is 5.32 Å². The molecule has 0 spiro atoms. The Morgan fingerprint density at radius 2 is 1.71 bits per heavy atom. The van der Waals surface area contributed by atoms with Crippen molar-refractivity contribution in [2.45, 2.75) is 13.0 Å². The first-order valence-electron chi connectivity index (χ1n) is 9.57. The fourth-order valence-corrected chi connectivity index (χ4v) is 3.16. The summed E-state index contributed by atoms with van der Waals surface area (Å²) in [5.41, 5.74) is 2.77. The zero-order valence-electron chi connectivity index (χ0n) is 16.4. The third-order valence-electron chi connectivity index (χ3n) is 5.06. The molecule has 3 rings (SSSR count). The standard InChI is InChI=1S/C22H27N3O3/c1-17(24(2)16-21(26)25-12-14-28-15-13-25)22(27)23-20-11-7-6-10-19(20)18-8-4-3-5-9-18/h3-11,17H,12-16H2,1-2H3,(H,23,27)/t17-/m0/s1. The zero-order chi connectivity index (χ0) is 19.9. The molecular formula is C22H27N3O3. The number of nitrogens with one attached hydrogen (secondary N) is 1. The molecule has 6 heteroatoms. The number of anilines is 1. The van der Waals surface area contributed by atoms with E-state index in [-0.39, 0.29) is 18.4 Å². The van der Waals surface area contributed by atoms with Gasteiger partial charge in [-0.3, -0.25) is 14.5 Å². The Labute approximate surface area is 166 Å². The van der Waals surface area contributed by atoms with Crippen LogP contribution in [-0.2, 0) is 14.3 Å². The smallest absolute Gasteiger partial charge is 0.241 e. The lowest BCUT2D eigenvalue weighted by molar-refractivity contribution is -0.137. The largest absolute Gasteiger partial charge is 0.378 e. The van der Waals surface area contributed by atoms with Crippen molar-refractivity contribution in [2.75, 3.05) is 45.2 Å². The summed E-state index contributed by atoms with van der Waals surface area (Å²) < 4.78 is 5.28. The molecule has 148 valence electrons. The maximum Gasteiger partial charge on any atom is 0.241 e. The van der Waals surface area contributed by atoms with Crippen LogP contribution < -0.4 is 5.32 Å². The van der Waals surface area contributed by atoms with Crippen LogP contribution in [0.15, 0.2) is 54.6 Å². The number of likely N-dealkylation sites (N-methyl/N-ethyl adjacent to an activating group) is 1. The van der Waals surface area contributed by atoms with Gasteiger partial charge in [0.15, 0.2) is 0 Å². The summed E-state index contributed by atoms with van der Waals surface area (Å²) in [5, 5.41) is 3.02. The normalized spacial score (nSPS) is 15.3. The van der Waals surface area contributed by atoms with Crippen LogP contribution in [0, 0.1) is 0 Å². The molecule has 1 heterocycles. The van der Waals surface area contributed by atoms with Gasteiger partial charge < -0.3 is 15.0 Å². The van der Waals surface area contributed by atoms with Crippen LogP contribution in [0.3, 0.4) is 0 Å². The van der Waals surface area contributed by atoms with E-state index in [9.17, 15) is 9.59 Å². The lowest BCUT2D eigenvalue weighted by atomic mass is 10.0. The lowest BCUT2D eigenvalue weighted by Crippen LogP contribution is -2.48. The molecule has 0 saturated carbocycles. The van der Waals surface area contributed by atoms with Crippen molar-refractivity contribution in [3.8, 4) is 11.1 Å². The Bertz CT molecular complexity index is 804. The maximum atomic E-state index is 12.8. The summed E-state index contributed by atoms with van der Waals surface area (Å²) in [5.74, 6) is -0.115. The highest BCUT2D eigenvalue weighted by atomic mass is 16.5. The number of amides is 2. The van der Waals surface area contributed by atoms with Crippen LogP contribution in [0.2, 0.25) is 0 Å². The number of rotatable bonds is 6. The molecule has 2 aromatic carbocycles. The van der Waals surface area contributed by atoms with Crippen molar-refractivity contribution in [3.05, 3.63) is 54.6 Å². The van der Waals surface area contributed by atoms with Crippen LogP contribution in [0.1, 0.15) is 6.92 Å². The Morgan fingerprint density at radius 3 is 2.43 bits per heavy atom. The molecule has 2 aromatic rings. The van der Waals surface area contributed by atoms with Crippen molar-refractivity contribution in [1.29, 1.82) is 0 Å². The second-order valence-corrected chi connectivity index (χ2v) is 6.99. The quantitative estimate of drug-likeness (QED) is 0.835. The molecule has 0 aliphatic carbocycles. The van der Waals surface area contributed by atoms with Gasteiger partial charge in [0.1, 0.15) is 0 Å². The van der Waals surface area contributed by atoms with Crippen molar-refractivity contribution in [1.82, 2.24) is 9.80 Å². The molecule has 1 atom stereocenters. The second-order valence-electron chi connectivity index (χ2n) is 6.99. The molecule has 0 radical (unpaired) electrons. The van der Waals surface area contributed by atoms with Crippen LogP contribution in [-0.4, -0.2) is 67.6 Å². The van der Waals surface area contributed by atoms with E-state index in [0.29, 0.717) is 26.3 Å². The molecule has 0 unspecified atom stereocenters. The van der Waals surface area contributed by atoms with Crippen molar-refractivity contribution >= 4 is 17.5 Å². The van der Waals surface area contributed by atoms with E-state index in [1.54, 1.807) is 16.8 Å². The van der Waals surface area contributed by atoms with Gasteiger partial charge in [-0.1, -0.05) is 48.5 Å². The Kier molecular flexibility index (Phi) is 6.79. The fraction of sp³-hybridized carbons (Fsp3) is 0.364. The Balaban J connectivity index is 1.63. The van der Waals surface area contributed by atoms with Gasteiger partial charge in [-0.25, -0.2) is 0 Å². The number of morpholine rings is 1. The predicted molar refractivity (Wildman–Crippen MR) is 110 cm³/mol. The molecule has 1 fully saturated rings.